The average Bonchev–Trinajstić information content (AvgIpc) is 2.13. The number of carbonyl (C=O) groups is 3. The molecular weight excluding hydrogens is 216 g/mol. The number of amides is 2. The summed E-state index contributed by atoms with van der Waals surface area (Å²) in [5.74, 6) is -1.54. The monoisotopic (exact) mass is 232 g/mol. The Balaban J connectivity index is 3.73. The zero-order chi connectivity index (χ0) is 12.6. The second kappa shape index (κ2) is 7.49. The van der Waals surface area contributed by atoms with Gasteiger partial charge in [0, 0.05) is 6.04 Å². The number of carbonyl (C=O) groups excluding carboxylic acids is 2. The van der Waals surface area contributed by atoms with Crippen LogP contribution >= 0.6 is 0 Å². The van der Waals surface area contributed by atoms with E-state index in [-0.39, 0.29) is 19.6 Å². The summed E-state index contributed by atoms with van der Waals surface area (Å²) in [5, 5.41) is 13.1. The maximum atomic E-state index is 11.1. The Hall–Kier alpha value is -1.79. The number of rotatable bonds is 6. The standard InChI is InChI=1S/C9H16N2O5/c1-3-16-8(14)5-10-9(15)11-6(2)4-7(12)13/h6H,3-5H2,1-2H3,(H,12,13)(H2,10,11,15). The minimum atomic E-state index is -1.00. The first-order chi connectivity index (χ1) is 7.45. The fourth-order valence-electron chi connectivity index (χ4n) is 0.952. The van der Waals surface area contributed by atoms with Crippen LogP contribution in [0, 0.1) is 0 Å². The number of carboxylic acids is 1. The predicted molar refractivity (Wildman–Crippen MR) is 54.9 cm³/mol. The minimum Gasteiger partial charge on any atom is -0.481 e. The van der Waals surface area contributed by atoms with Crippen molar-refractivity contribution in [3.8, 4) is 0 Å². The van der Waals surface area contributed by atoms with Crippen molar-refractivity contribution in [2.75, 3.05) is 13.2 Å². The molecule has 0 fully saturated rings. The van der Waals surface area contributed by atoms with Crippen molar-refractivity contribution in [2.24, 2.45) is 0 Å². The highest BCUT2D eigenvalue weighted by Crippen LogP contribution is 1.89. The van der Waals surface area contributed by atoms with Gasteiger partial charge in [0.05, 0.1) is 13.0 Å². The van der Waals surface area contributed by atoms with Gasteiger partial charge in [0.25, 0.3) is 0 Å². The lowest BCUT2D eigenvalue weighted by molar-refractivity contribution is -0.142. The van der Waals surface area contributed by atoms with Gasteiger partial charge in [-0.05, 0) is 13.8 Å². The van der Waals surface area contributed by atoms with E-state index in [1.165, 1.54) is 0 Å². The molecule has 0 aliphatic heterocycles. The van der Waals surface area contributed by atoms with Crippen LogP contribution in [0.5, 0.6) is 0 Å². The molecule has 7 heteroatoms. The molecule has 7 nitrogen and oxygen atoms in total. The third-order valence-corrected chi connectivity index (χ3v) is 1.56. The number of nitrogens with one attached hydrogen (secondary N) is 2. The molecule has 0 aliphatic carbocycles. The van der Waals surface area contributed by atoms with Crippen molar-refractivity contribution in [3.05, 3.63) is 0 Å². The normalized spacial score (nSPS) is 11.4. The maximum absolute atomic E-state index is 11.1. The van der Waals surface area contributed by atoms with Gasteiger partial charge in [0.1, 0.15) is 6.54 Å². The molecule has 0 bridgehead atoms. The van der Waals surface area contributed by atoms with Gasteiger partial charge >= 0.3 is 18.0 Å². The number of aliphatic carboxylic acids is 1. The quantitative estimate of drug-likeness (QED) is 0.546. The van der Waals surface area contributed by atoms with Crippen molar-refractivity contribution < 1.29 is 24.2 Å². The van der Waals surface area contributed by atoms with E-state index in [0.29, 0.717) is 0 Å². The van der Waals surface area contributed by atoms with Gasteiger partial charge in [-0.2, -0.15) is 0 Å². The van der Waals surface area contributed by atoms with Crippen LogP contribution in [0.1, 0.15) is 20.3 Å². The molecule has 1 atom stereocenters. The fourth-order valence-corrected chi connectivity index (χ4v) is 0.952. The maximum Gasteiger partial charge on any atom is 0.325 e. The second-order valence-corrected chi connectivity index (χ2v) is 3.13. The molecule has 0 aromatic rings. The number of esters is 1. The highest BCUT2D eigenvalue weighted by atomic mass is 16.5. The Morgan fingerprint density at radius 3 is 2.50 bits per heavy atom. The van der Waals surface area contributed by atoms with Crippen molar-refractivity contribution in [1.29, 1.82) is 0 Å². The average molecular weight is 232 g/mol. The zero-order valence-corrected chi connectivity index (χ0v) is 9.28. The molecule has 2 amide bonds. The van der Waals surface area contributed by atoms with E-state index in [2.05, 4.69) is 15.4 Å². The fraction of sp³-hybridized carbons (Fsp3) is 0.667. The number of hydrogen-bond donors (Lipinski definition) is 3. The van der Waals surface area contributed by atoms with Gasteiger partial charge in [-0.25, -0.2) is 4.79 Å². The molecule has 0 saturated heterocycles. The third-order valence-electron chi connectivity index (χ3n) is 1.56. The molecule has 0 rings (SSSR count). The molecule has 0 aromatic heterocycles. The molecule has 92 valence electrons. The van der Waals surface area contributed by atoms with Gasteiger partial charge < -0.3 is 20.5 Å². The number of carboxylic acid groups (broad SMARTS) is 1. The van der Waals surface area contributed by atoms with Gasteiger partial charge in [0.2, 0.25) is 0 Å². The Morgan fingerprint density at radius 2 is 2.00 bits per heavy atom. The molecule has 0 heterocycles. The van der Waals surface area contributed by atoms with Crippen LogP contribution in [0.25, 0.3) is 0 Å². The first-order valence-corrected chi connectivity index (χ1v) is 4.87. The molecule has 16 heavy (non-hydrogen) atoms. The summed E-state index contributed by atoms with van der Waals surface area (Å²) in [6, 6.07) is -1.10. The molecule has 0 radical (unpaired) electrons. The number of urea groups is 1. The SMILES string of the molecule is CCOC(=O)CNC(=O)NC(C)CC(=O)O. The van der Waals surface area contributed by atoms with E-state index in [9.17, 15) is 14.4 Å². The molecule has 0 aliphatic rings. The Morgan fingerprint density at radius 1 is 1.38 bits per heavy atom. The van der Waals surface area contributed by atoms with Crippen molar-refractivity contribution in [3.63, 3.8) is 0 Å². The lowest BCUT2D eigenvalue weighted by atomic mass is 10.2. The highest BCUT2D eigenvalue weighted by Gasteiger charge is 2.11. The molecule has 3 N–H and O–H groups in total. The van der Waals surface area contributed by atoms with Crippen LogP contribution in [0.4, 0.5) is 4.79 Å². The summed E-state index contributed by atoms with van der Waals surface area (Å²) in [7, 11) is 0. The van der Waals surface area contributed by atoms with Crippen LogP contribution in [0.2, 0.25) is 0 Å². The van der Waals surface area contributed by atoms with E-state index in [1.54, 1.807) is 13.8 Å². The molecule has 0 spiro atoms. The lowest BCUT2D eigenvalue weighted by Gasteiger charge is -2.12. The first-order valence-electron chi connectivity index (χ1n) is 4.87. The Bertz CT molecular complexity index is 267. The Labute approximate surface area is 93.2 Å². The molecule has 0 aromatic carbocycles. The summed E-state index contributed by atoms with van der Waals surface area (Å²) in [4.78, 5) is 32.3. The molecular formula is C9H16N2O5. The van der Waals surface area contributed by atoms with Crippen molar-refractivity contribution in [2.45, 2.75) is 26.3 Å². The number of ether oxygens (including phenoxy) is 1. The third kappa shape index (κ3) is 7.60. The van der Waals surface area contributed by atoms with Crippen LogP contribution < -0.4 is 10.6 Å². The summed E-state index contributed by atoms with van der Waals surface area (Å²) < 4.78 is 4.59. The zero-order valence-electron chi connectivity index (χ0n) is 9.28. The van der Waals surface area contributed by atoms with Gasteiger partial charge in [-0.3, -0.25) is 9.59 Å². The van der Waals surface area contributed by atoms with Crippen molar-refractivity contribution >= 4 is 18.0 Å². The lowest BCUT2D eigenvalue weighted by Crippen LogP contribution is -2.43. The molecule has 1 unspecified atom stereocenters. The van der Waals surface area contributed by atoms with Crippen LogP contribution in [-0.4, -0.2) is 42.3 Å². The largest absolute Gasteiger partial charge is 0.481 e. The van der Waals surface area contributed by atoms with Gasteiger partial charge in [-0.1, -0.05) is 0 Å². The summed E-state index contributed by atoms with van der Waals surface area (Å²) >= 11 is 0. The van der Waals surface area contributed by atoms with Crippen molar-refractivity contribution in [1.82, 2.24) is 10.6 Å². The van der Waals surface area contributed by atoms with E-state index < -0.39 is 24.0 Å². The van der Waals surface area contributed by atoms with E-state index in [4.69, 9.17) is 5.11 Å². The van der Waals surface area contributed by atoms with Gasteiger partial charge in [-0.15, -0.1) is 0 Å². The summed E-state index contributed by atoms with van der Waals surface area (Å²) in [5.41, 5.74) is 0. The van der Waals surface area contributed by atoms with E-state index in [1.807, 2.05) is 0 Å². The highest BCUT2D eigenvalue weighted by molar-refractivity contribution is 5.81. The van der Waals surface area contributed by atoms with Crippen LogP contribution in [0.3, 0.4) is 0 Å². The summed E-state index contributed by atoms with van der Waals surface area (Å²) in [6.07, 6.45) is -0.174. The smallest absolute Gasteiger partial charge is 0.325 e. The first kappa shape index (κ1) is 14.2. The van der Waals surface area contributed by atoms with E-state index in [0.717, 1.165) is 0 Å². The van der Waals surface area contributed by atoms with Gasteiger partial charge in [0.15, 0.2) is 0 Å². The Kier molecular flexibility index (Phi) is 6.66. The van der Waals surface area contributed by atoms with Crippen LogP contribution in [0.15, 0.2) is 0 Å². The number of hydrogen-bond acceptors (Lipinski definition) is 4. The summed E-state index contributed by atoms with van der Waals surface area (Å²) in [6.45, 7) is 3.22. The minimum absolute atomic E-state index is 0.174. The topological polar surface area (TPSA) is 105 Å². The second-order valence-electron chi connectivity index (χ2n) is 3.13. The predicted octanol–water partition coefficient (Wildman–Crippen LogP) is -0.288. The van der Waals surface area contributed by atoms with E-state index >= 15 is 0 Å². The molecule has 0 saturated carbocycles. The van der Waals surface area contributed by atoms with Crippen LogP contribution in [-0.2, 0) is 14.3 Å².